The van der Waals surface area contributed by atoms with Gasteiger partial charge in [-0.2, -0.15) is 0 Å². The van der Waals surface area contributed by atoms with Crippen molar-refractivity contribution >= 4 is 11.9 Å². The zero-order valence-electron chi connectivity index (χ0n) is 18.9. The Morgan fingerprint density at radius 1 is 1.03 bits per heavy atom. The van der Waals surface area contributed by atoms with Gasteiger partial charge in [-0.05, 0) is 36.5 Å². The Labute approximate surface area is 186 Å². The van der Waals surface area contributed by atoms with Gasteiger partial charge >= 0.3 is 0 Å². The molecule has 0 aromatic heterocycles. The summed E-state index contributed by atoms with van der Waals surface area (Å²) >= 11 is 0. The van der Waals surface area contributed by atoms with Crippen molar-refractivity contribution in [2.24, 2.45) is 4.99 Å². The van der Waals surface area contributed by atoms with Crippen molar-refractivity contribution in [3.63, 3.8) is 0 Å². The lowest BCUT2D eigenvalue weighted by molar-refractivity contribution is -0.132. The summed E-state index contributed by atoms with van der Waals surface area (Å²) in [5.41, 5.74) is 2.66. The number of hydrogen-bond acceptors (Lipinski definition) is 4. The lowest BCUT2D eigenvalue weighted by Crippen LogP contribution is -2.54. The third-order valence-corrected chi connectivity index (χ3v) is 6.65. The zero-order valence-corrected chi connectivity index (χ0v) is 18.9. The number of ether oxygens (including phenoxy) is 1. The summed E-state index contributed by atoms with van der Waals surface area (Å²) in [5.74, 6) is 2.31. The van der Waals surface area contributed by atoms with Crippen LogP contribution in [0.3, 0.4) is 0 Å². The zero-order chi connectivity index (χ0) is 21.5. The molecule has 7 heteroatoms. The number of fused-ring (bicyclic) bond motifs is 1. The Kier molecular flexibility index (Phi) is 7.67. The number of carbonyl (C=O) groups excluding carboxylic acids is 1. The van der Waals surface area contributed by atoms with Crippen LogP contribution >= 0.6 is 0 Å². The summed E-state index contributed by atoms with van der Waals surface area (Å²) < 4.78 is 5.60. The molecule has 7 nitrogen and oxygen atoms in total. The molecule has 0 atom stereocenters. The van der Waals surface area contributed by atoms with Crippen LogP contribution in [0.2, 0.25) is 0 Å². The topological polar surface area (TPSA) is 60.4 Å². The van der Waals surface area contributed by atoms with Crippen LogP contribution in [-0.2, 0) is 17.6 Å². The highest BCUT2D eigenvalue weighted by Gasteiger charge is 2.23. The van der Waals surface area contributed by atoms with Gasteiger partial charge in [0, 0.05) is 59.3 Å². The summed E-state index contributed by atoms with van der Waals surface area (Å²) in [5, 5.41) is 3.52. The van der Waals surface area contributed by atoms with Crippen LogP contribution in [0.1, 0.15) is 36.8 Å². The molecule has 0 unspecified atom stereocenters. The molecular formula is C24H37N5O2. The van der Waals surface area contributed by atoms with Crippen molar-refractivity contribution in [3.8, 4) is 5.75 Å². The predicted molar refractivity (Wildman–Crippen MR) is 124 cm³/mol. The van der Waals surface area contributed by atoms with Gasteiger partial charge in [0.25, 0.3) is 0 Å². The molecule has 1 aromatic carbocycles. The minimum Gasteiger partial charge on any atom is -0.493 e. The van der Waals surface area contributed by atoms with Gasteiger partial charge in [-0.15, -0.1) is 0 Å². The van der Waals surface area contributed by atoms with Crippen molar-refractivity contribution in [1.29, 1.82) is 0 Å². The van der Waals surface area contributed by atoms with E-state index >= 15 is 0 Å². The van der Waals surface area contributed by atoms with Gasteiger partial charge in [-0.1, -0.05) is 25.0 Å². The molecular weight excluding hydrogens is 390 g/mol. The highest BCUT2D eigenvalue weighted by molar-refractivity contribution is 5.80. The number of hydrogen-bond donors (Lipinski definition) is 1. The van der Waals surface area contributed by atoms with Crippen LogP contribution in [0.15, 0.2) is 23.2 Å². The Balaban J connectivity index is 1.19. The number of amides is 1. The summed E-state index contributed by atoms with van der Waals surface area (Å²) in [7, 11) is 1.85. The molecule has 2 saturated heterocycles. The molecule has 1 aromatic rings. The summed E-state index contributed by atoms with van der Waals surface area (Å²) in [6, 6.07) is 6.53. The lowest BCUT2D eigenvalue weighted by atomic mass is 10.1. The second-order valence-electron chi connectivity index (χ2n) is 8.82. The maximum Gasteiger partial charge on any atom is 0.236 e. The van der Waals surface area contributed by atoms with E-state index < -0.39 is 0 Å². The van der Waals surface area contributed by atoms with Crippen molar-refractivity contribution < 1.29 is 9.53 Å². The molecule has 2 fully saturated rings. The minimum absolute atomic E-state index is 0.303. The Morgan fingerprint density at radius 2 is 1.81 bits per heavy atom. The number of nitrogens with one attached hydrogen (secondary N) is 1. The molecule has 1 N–H and O–H groups in total. The highest BCUT2D eigenvalue weighted by Crippen LogP contribution is 2.25. The van der Waals surface area contributed by atoms with Gasteiger partial charge in [0.15, 0.2) is 5.96 Å². The van der Waals surface area contributed by atoms with Crippen molar-refractivity contribution in [2.45, 2.75) is 38.5 Å². The SMILES string of the molecule is CN=C(NCCc1ccc2c(c1)CCO2)N1CCN(CC(=O)N2CCCCCC2)CC1. The molecule has 31 heavy (non-hydrogen) atoms. The summed E-state index contributed by atoms with van der Waals surface area (Å²) in [6.45, 7) is 7.73. The number of nitrogens with zero attached hydrogens (tertiary/aromatic N) is 4. The van der Waals surface area contributed by atoms with Gasteiger partial charge in [0.1, 0.15) is 5.75 Å². The van der Waals surface area contributed by atoms with Crippen LogP contribution in [0.5, 0.6) is 5.75 Å². The third kappa shape index (κ3) is 5.91. The largest absolute Gasteiger partial charge is 0.493 e. The fourth-order valence-electron chi connectivity index (χ4n) is 4.78. The Hall–Kier alpha value is -2.28. The van der Waals surface area contributed by atoms with E-state index in [9.17, 15) is 4.79 Å². The monoisotopic (exact) mass is 427 g/mol. The van der Waals surface area contributed by atoms with Gasteiger partial charge < -0.3 is 19.9 Å². The Morgan fingerprint density at radius 3 is 2.55 bits per heavy atom. The number of carbonyl (C=O) groups is 1. The van der Waals surface area contributed by atoms with Gasteiger partial charge in [-0.3, -0.25) is 14.7 Å². The van der Waals surface area contributed by atoms with Crippen molar-refractivity contribution in [3.05, 3.63) is 29.3 Å². The second kappa shape index (κ2) is 10.8. The van der Waals surface area contributed by atoms with E-state index in [2.05, 4.69) is 43.2 Å². The average molecular weight is 428 g/mol. The molecule has 0 spiro atoms. The van der Waals surface area contributed by atoms with E-state index in [0.29, 0.717) is 12.5 Å². The molecule has 4 rings (SSSR count). The molecule has 0 saturated carbocycles. The fraction of sp³-hybridized carbons (Fsp3) is 0.667. The van der Waals surface area contributed by atoms with Gasteiger partial charge in [0.2, 0.25) is 5.91 Å². The number of aliphatic imine (C=N–C) groups is 1. The first kappa shape index (κ1) is 21.9. The quantitative estimate of drug-likeness (QED) is 0.573. The number of guanidine groups is 1. The molecule has 3 heterocycles. The first-order valence-electron chi connectivity index (χ1n) is 11.9. The smallest absolute Gasteiger partial charge is 0.236 e. The number of likely N-dealkylation sites (tertiary alicyclic amines) is 1. The van der Waals surface area contributed by atoms with Crippen LogP contribution in [0, 0.1) is 0 Å². The number of benzene rings is 1. The summed E-state index contributed by atoms with van der Waals surface area (Å²) in [4.78, 5) is 23.8. The highest BCUT2D eigenvalue weighted by atomic mass is 16.5. The fourth-order valence-corrected chi connectivity index (χ4v) is 4.78. The third-order valence-electron chi connectivity index (χ3n) is 6.65. The number of piperazine rings is 1. The number of rotatable bonds is 5. The van der Waals surface area contributed by atoms with Crippen molar-refractivity contribution in [2.75, 3.05) is 66.0 Å². The van der Waals surface area contributed by atoms with Gasteiger partial charge in [0.05, 0.1) is 13.2 Å². The molecule has 3 aliphatic heterocycles. The maximum absolute atomic E-state index is 12.7. The normalized spacial score (nSPS) is 20.2. The molecule has 0 radical (unpaired) electrons. The molecule has 0 bridgehead atoms. The molecule has 3 aliphatic rings. The standard InChI is InChI=1S/C24H37N5O2/c1-25-24(26-10-8-20-6-7-22-21(18-20)9-17-31-22)29-15-13-27(14-16-29)19-23(30)28-11-4-2-3-5-12-28/h6-7,18H,2-5,8-17,19H2,1H3,(H,25,26). The first-order chi connectivity index (χ1) is 15.2. The maximum atomic E-state index is 12.7. The Bertz CT molecular complexity index is 765. The summed E-state index contributed by atoms with van der Waals surface area (Å²) in [6.07, 6.45) is 6.81. The minimum atomic E-state index is 0.303. The second-order valence-corrected chi connectivity index (χ2v) is 8.82. The van der Waals surface area contributed by atoms with Crippen LogP contribution in [-0.4, -0.2) is 92.6 Å². The lowest BCUT2D eigenvalue weighted by Gasteiger charge is -2.37. The molecule has 170 valence electrons. The van der Waals surface area contributed by atoms with Crippen LogP contribution in [0.25, 0.3) is 0 Å². The van der Waals surface area contributed by atoms with Crippen LogP contribution < -0.4 is 10.1 Å². The van der Waals surface area contributed by atoms with E-state index in [4.69, 9.17) is 4.74 Å². The van der Waals surface area contributed by atoms with E-state index in [1.807, 2.05) is 7.05 Å². The molecule has 1 amide bonds. The van der Waals surface area contributed by atoms with Crippen molar-refractivity contribution in [1.82, 2.24) is 20.0 Å². The average Bonchev–Trinajstić information content (AvgIpc) is 3.08. The predicted octanol–water partition coefficient (Wildman–Crippen LogP) is 1.76. The van der Waals surface area contributed by atoms with E-state index in [0.717, 1.165) is 89.8 Å². The molecule has 0 aliphatic carbocycles. The van der Waals surface area contributed by atoms with Gasteiger partial charge in [-0.25, -0.2) is 0 Å². The van der Waals surface area contributed by atoms with Crippen LogP contribution in [0.4, 0.5) is 0 Å². The van der Waals surface area contributed by atoms with E-state index in [-0.39, 0.29) is 0 Å². The van der Waals surface area contributed by atoms with E-state index in [1.165, 1.54) is 24.0 Å². The first-order valence-corrected chi connectivity index (χ1v) is 11.9. The van der Waals surface area contributed by atoms with E-state index in [1.54, 1.807) is 0 Å².